The molecule has 1 aromatic carbocycles. The third kappa shape index (κ3) is 4.04. The van der Waals surface area contributed by atoms with Crippen molar-refractivity contribution in [3.05, 3.63) is 35.4 Å². The molecule has 1 aromatic rings. The van der Waals surface area contributed by atoms with E-state index in [0.717, 1.165) is 18.4 Å². The van der Waals surface area contributed by atoms with Crippen LogP contribution >= 0.6 is 0 Å². The van der Waals surface area contributed by atoms with Crippen LogP contribution in [-0.2, 0) is 16.0 Å². The van der Waals surface area contributed by atoms with Crippen LogP contribution in [0.15, 0.2) is 24.3 Å². The average Bonchev–Trinajstić information content (AvgIpc) is 3.27. The summed E-state index contributed by atoms with van der Waals surface area (Å²) in [6.07, 6.45) is 2.48. The number of ether oxygens (including phenoxy) is 1. The molecule has 0 spiro atoms. The molecular weight excluding hydrogens is 270 g/mol. The molecule has 114 valence electrons. The number of nitrogens with one attached hydrogen (secondary N) is 1. The molecule has 0 aromatic heterocycles. The van der Waals surface area contributed by atoms with Gasteiger partial charge in [-0.3, -0.25) is 4.79 Å². The number of carbonyl (C=O) groups excluding carboxylic acids is 1. The highest BCUT2D eigenvalue weighted by atomic mass is 16.5. The van der Waals surface area contributed by atoms with Gasteiger partial charge in [0.1, 0.15) is 0 Å². The number of aromatic carboxylic acids is 1. The number of rotatable bonds is 8. The summed E-state index contributed by atoms with van der Waals surface area (Å²) >= 11 is 0. The number of benzene rings is 1. The maximum atomic E-state index is 12.1. The second-order valence-corrected chi connectivity index (χ2v) is 5.43. The monoisotopic (exact) mass is 291 g/mol. The zero-order valence-electron chi connectivity index (χ0n) is 12.2. The SMILES string of the molecule is CCOCC1(C(=O)NCCc2ccc(C(=O)O)cc2)CC1. The smallest absolute Gasteiger partial charge is 0.335 e. The molecule has 0 bridgehead atoms. The standard InChI is InChI=1S/C16H21NO4/c1-2-21-11-16(8-9-16)15(20)17-10-7-12-3-5-13(6-4-12)14(18)19/h3-6H,2,7-11H2,1H3,(H,17,20)(H,18,19). The van der Waals surface area contributed by atoms with Crippen LogP contribution in [0.1, 0.15) is 35.7 Å². The van der Waals surface area contributed by atoms with E-state index in [-0.39, 0.29) is 16.9 Å². The molecule has 0 aliphatic heterocycles. The topological polar surface area (TPSA) is 75.6 Å². The first-order chi connectivity index (χ1) is 10.1. The van der Waals surface area contributed by atoms with Crippen molar-refractivity contribution in [2.75, 3.05) is 19.8 Å². The van der Waals surface area contributed by atoms with Crippen molar-refractivity contribution in [1.29, 1.82) is 0 Å². The van der Waals surface area contributed by atoms with Crippen LogP contribution in [0.5, 0.6) is 0 Å². The van der Waals surface area contributed by atoms with E-state index < -0.39 is 5.97 Å². The van der Waals surface area contributed by atoms with Crippen LogP contribution in [-0.4, -0.2) is 36.7 Å². The van der Waals surface area contributed by atoms with Gasteiger partial charge in [0.15, 0.2) is 0 Å². The Bertz CT molecular complexity index is 506. The first-order valence-corrected chi connectivity index (χ1v) is 7.26. The minimum atomic E-state index is -0.929. The number of hydrogen-bond donors (Lipinski definition) is 2. The lowest BCUT2D eigenvalue weighted by Gasteiger charge is -2.15. The Kier molecular flexibility index (Phi) is 4.96. The minimum Gasteiger partial charge on any atom is -0.478 e. The summed E-state index contributed by atoms with van der Waals surface area (Å²) in [7, 11) is 0. The first kappa shape index (κ1) is 15.5. The lowest BCUT2D eigenvalue weighted by molar-refractivity contribution is -0.128. The molecule has 1 saturated carbocycles. The fourth-order valence-corrected chi connectivity index (χ4v) is 2.21. The van der Waals surface area contributed by atoms with Gasteiger partial charge in [-0.25, -0.2) is 4.79 Å². The van der Waals surface area contributed by atoms with Gasteiger partial charge in [0.2, 0.25) is 5.91 Å². The van der Waals surface area contributed by atoms with Crippen molar-refractivity contribution < 1.29 is 19.4 Å². The molecule has 0 unspecified atom stereocenters. The van der Waals surface area contributed by atoms with Crippen LogP contribution in [0.25, 0.3) is 0 Å². The number of amides is 1. The maximum absolute atomic E-state index is 12.1. The number of carbonyl (C=O) groups is 2. The van der Waals surface area contributed by atoms with E-state index in [1.54, 1.807) is 24.3 Å². The van der Waals surface area contributed by atoms with Gasteiger partial charge in [0.25, 0.3) is 0 Å². The Labute approximate surface area is 124 Å². The van der Waals surface area contributed by atoms with Crippen molar-refractivity contribution in [1.82, 2.24) is 5.32 Å². The van der Waals surface area contributed by atoms with Crippen molar-refractivity contribution >= 4 is 11.9 Å². The van der Waals surface area contributed by atoms with E-state index in [1.165, 1.54) is 0 Å². The number of hydrogen-bond acceptors (Lipinski definition) is 3. The Morgan fingerprint density at radius 1 is 1.29 bits per heavy atom. The van der Waals surface area contributed by atoms with Crippen molar-refractivity contribution in [3.63, 3.8) is 0 Å². The highest BCUT2D eigenvalue weighted by molar-refractivity contribution is 5.87. The fraction of sp³-hybridized carbons (Fsp3) is 0.500. The summed E-state index contributed by atoms with van der Waals surface area (Å²) in [6, 6.07) is 6.72. The predicted octanol–water partition coefficient (Wildman–Crippen LogP) is 1.86. The molecule has 5 nitrogen and oxygen atoms in total. The summed E-state index contributed by atoms with van der Waals surface area (Å²) < 4.78 is 5.37. The van der Waals surface area contributed by atoms with Crippen molar-refractivity contribution in [2.24, 2.45) is 5.41 Å². The normalized spacial score (nSPS) is 15.5. The lowest BCUT2D eigenvalue weighted by atomic mass is 10.1. The summed E-state index contributed by atoms with van der Waals surface area (Å²) in [4.78, 5) is 22.8. The zero-order valence-corrected chi connectivity index (χ0v) is 12.2. The highest BCUT2D eigenvalue weighted by Crippen LogP contribution is 2.46. The molecule has 1 aliphatic carbocycles. The van der Waals surface area contributed by atoms with Crippen LogP contribution in [0.2, 0.25) is 0 Å². The number of carboxylic acid groups (broad SMARTS) is 1. The molecule has 0 heterocycles. The molecular formula is C16H21NO4. The zero-order chi connectivity index (χ0) is 15.3. The summed E-state index contributed by atoms with van der Waals surface area (Å²) in [5.41, 5.74) is 0.981. The molecule has 0 saturated heterocycles. The van der Waals surface area contributed by atoms with E-state index in [9.17, 15) is 9.59 Å². The fourth-order valence-electron chi connectivity index (χ4n) is 2.21. The minimum absolute atomic E-state index is 0.0677. The molecule has 0 radical (unpaired) electrons. The van der Waals surface area contributed by atoms with Gasteiger partial charge >= 0.3 is 5.97 Å². The third-order valence-corrected chi connectivity index (χ3v) is 3.82. The molecule has 0 atom stereocenters. The molecule has 1 aliphatic rings. The van der Waals surface area contributed by atoms with E-state index in [0.29, 0.717) is 26.2 Å². The molecule has 1 fully saturated rings. The Morgan fingerprint density at radius 2 is 1.95 bits per heavy atom. The van der Waals surface area contributed by atoms with Crippen molar-refractivity contribution in [3.8, 4) is 0 Å². The van der Waals surface area contributed by atoms with Gasteiger partial charge in [0, 0.05) is 13.2 Å². The largest absolute Gasteiger partial charge is 0.478 e. The van der Waals surface area contributed by atoms with Gasteiger partial charge in [-0.1, -0.05) is 12.1 Å². The third-order valence-electron chi connectivity index (χ3n) is 3.82. The quantitative estimate of drug-likeness (QED) is 0.766. The van der Waals surface area contributed by atoms with Crippen LogP contribution in [0.3, 0.4) is 0 Å². The first-order valence-electron chi connectivity index (χ1n) is 7.26. The summed E-state index contributed by atoms with van der Waals surface area (Å²) in [6.45, 7) is 3.61. The molecule has 1 amide bonds. The van der Waals surface area contributed by atoms with E-state index >= 15 is 0 Å². The Morgan fingerprint density at radius 3 is 2.48 bits per heavy atom. The van der Waals surface area contributed by atoms with Gasteiger partial charge < -0.3 is 15.2 Å². The average molecular weight is 291 g/mol. The molecule has 2 N–H and O–H groups in total. The molecule has 21 heavy (non-hydrogen) atoms. The van der Waals surface area contributed by atoms with Gasteiger partial charge in [-0.05, 0) is 43.9 Å². The van der Waals surface area contributed by atoms with E-state index in [4.69, 9.17) is 9.84 Å². The van der Waals surface area contributed by atoms with Gasteiger partial charge in [-0.2, -0.15) is 0 Å². The van der Waals surface area contributed by atoms with Gasteiger partial charge in [-0.15, -0.1) is 0 Å². The van der Waals surface area contributed by atoms with Crippen LogP contribution < -0.4 is 5.32 Å². The second kappa shape index (κ2) is 6.72. The number of carboxylic acids is 1. The maximum Gasteiger partial charge on any atom is 0.335 e. The van der Waals surface area contributed by atoms with Crippen molar-refractivity contribution in [2.45, 2.75) is 26.2 Å². The predicted molar refractivity (Wildman–Crippen MR) is 78.3 cm³/mol. The van der Waals surface area contributed by atoms with Crippen LogP contribution in [0.4, 0.5) is 0 Å². The highest BCUT2D eigenvalue weighted by Gasteiger charge is 2.49. The lowest BCUT2D eigenvalue weighted by Crippen LogP contribution is -2.36. The van der Waals surface area contributed by atoms with E-state index in [2.05, 4.69) is 5.32 Å². The molecule has 2 rings (SSSR count). The Hall–Kier alpha value is -1.88. The molecule has 5 heteroatoms. The van der Waals surface area contributed by atoms with Crippen LogP contribution in [0, 0.1) is 5.41 Å². The Balaban J connectivity index is 1.76. The summed E-state index contributed by atoms with van der Waals surface area (Å²) in [5, 5.41) is 11.8. The van der Waals surface area contributed by atoms with E-state index in [1.807, 2.05) is 6.92 Å². The van der Waals surface area contributed by atoms with Gasteiger partial charge in [0.05, 0.1) is 17.6 Å². The summed E-state index contributed by atoms with van der Waals surface area (Å²) in [5.74, 6) is -0.862. The second-order valence-electron chi connectivity index (χ2n) is 5.43.